The van der Waals surface area contributed by atoms with Gasteiger partial charge in [0.25, 0.3) is 0 Å². The van der Waals surface area contributed by atoms with Crippen LogP contribution in [0.15, 0.2) is 248 Å². The Bertz CT molecular complexity index is 3950. The molecular formula is C71H59N3. The molecule has 0 radical (unpaired) electrons. The van der Waals surface area contributed by atoms with Gasteiger partial charge in [-0.1, -0.05) is 218 Å². The van der Waals surface area contributed by atoms with E-state index in [0.717, 1.165) is 19.3 Å². The van der Waals surface area contributed by atoms with Crippen molar-refractivity contribution in [1.82, 2.24) is 9.13 Å². The topological polar surface area (TPSA) is 13.1 Å². The number of benzene rings is 8. The molecule has 0 saturated carbocycles. The van der Waals surface area contributed by atoms with E-state index in [1.54, 1.807) is 0 Å². The predicted molar refractivity (Wildman–Crippen MR) is 314 cm³/mol. The second kappa shape index (κ2) is 18.7. The number of aryl methyl sites for hydroxylation is 2. The zero-order valence-electron chi connectivity index (χ0n) is 42.6. The third-order valence-electron chi connectivity index (χ3n) is 16.3. The summed E-state index contributed by atoms with van der Waals surface area (Å²) < 4.78 is 4.85. The summed E-state index contributed by atoms with van der Waals surface area (Å²) in [6.07, 6.45) is 10.8. The number of aromatic nitrogens is 2. The first-order valence-corrected chi connectivity index (χ1v) is 26.3. The zero-order valence-corrected chi connectivity index (χ0v) is 42.6. The Morgan fingerprint density at radius 1 is 0.500 bits per heavy atom. The maximum Gasteiger partial charge on any atom is 0.0649 e. The van der Waals surface area contributed by atoms with Gasteiger partial charge in [0.1, 0.15) is 0 Å². The van der Waals surface area contributed by atoms with Crippen LogP contribution in [-0.4, -0.2) is 16.2 Å². The van der Waals surface area contributed by atoms with Gasteiger partial charge in [0, 0.05) is 65.7 Å². The first kappa shape index (κ1) is 45.2. The van der Waals surface area contributed by atoms with E-state index in [4.69, 9.17) is 0 Å². The fourth-order valence-corrected chi connectivity index (χ4v) is 13.0. The summed E-state index contributed by atoms with van der Waals surface area (Å²) in [6.45, 7) is 2.32. The summed E-state index contributed by atoms with van der Waals surface area (Å²) in [6, 6.07) is 80.7. The average Bonchev–Trinajstić information content (AvgIpc) is 4.16. The molecule has 2 unspecified atom stereocenters. The molecule has 3 heteroatoms. The molecule has 3 aliphatic rings. The molecule has 0 amide bonds. The number of nitrogens with zero attached hydrogens (tertiary/aromatic N) is 3. The van der Waals surface area contributed by atoms with Crippen LogP contribution in [0, 0.1) is 0 Å². The molecule has 3 heterocycles. The Hall–Kier alpha value is -8.66. The molecule has 10 aromatic rings. The van der Waals surface area contributed by atoms with Crippen LogP contribution < -0.4 is 4.90 Å². The Labute approximate surface area is 435 Å². The van der Waals surface area contributed by atoms with E-state index in [2.05, 4.69) is 279 Å². The second-order valence-corrected chi connectivity index (χ2v) is 20.4. The number of para-hydroxylation sites is 3. The molecule has 1 aliphatic heterocycles. The molecule has 13 rings (SSSR count). The molecule has 0 bridgehead atoms. The van der Waals surface area contributed by atoms with Crippen molar-refractivity contribution in [1.29, 1.82) is 0 Å². The van der Waals surface area contributed by atoms with Crippen molar-refractivity contribution in [3.8, 4) is 22.5 Å². The van der Waals surface area contributed by atoms with Gasteiger partial charge in [-0.2, -0.15) is 0 Å². The standard InChI is InChI=1S/C71H59N3/c1-47-54-36-17-18-37-55(54)65(64(47)50-28-9-5-10-29-50)59(66-56-38-19-22-41-61(56)72(2)69(66)51-30-11-6-12-31-51)45-48-26-25-27-49(44-48)46-60(67-57-39-20-23-42-62(57)73(3)70(67)52-32-13-7-14-33-52)68-58-40-21-24-43-63(58)74(4)71(68)53-34-15-8-16-35-53/h5-24,28-46,67,70H,25-27H2,1-4H3/b48-45+,60-46+,65-59+. The summed E-state index contributed by atoms with van der Waals surface area (Å²) in [5, 5.41) is 2.53. The highest BCUT2D eigenvalue weighted by atomic mass is 15.2. The highest BCUT2D eigenvalue weighted by Crippen LogP contribution is 2.57. The number of hydrogen-bond acceptors (Lipinski definition) is 1. The molecule has 358 valence electrons. The van der Waals surface area contributed by atoms with E-state index in [0.29, 0.717) is 0 Å². The number of fused-ring (bicyclic) bond motifs is 4. The van der Waals surface area contributed by atoms with Crippen molar-refractivity contribution in [3.05, 3.63) is 287 Å². The summed E-state index contributed by atoms with van der Waals surface area (Å²) in [7, 11) is 6.79. The normalized spacial score (nSPS) is 17.8. The van der Waals surface area contributed by atoms with E-state index in [1.807, 2.05) is 0 Å². The van der Waals surface area contributed by atoms with Crippen LogP contribution in [0.1, 0.15) is 77.1 Å². The average molecular weight is 954 g/mol. The molecule has 8 aromatic carbocycles. The van der Waals surface area contributed by atoms with E-state index in [1.165, 1.54) is 128 Å². The Balaban J connectivity index is 1.11. The van der Waals surface area contributed by atoms with Gasteiger partial charge in [-0.25, -0.2) is 0 Å². The van der Waals surface area contributed by atoms with Crippen molar-refractivity contribution in [3.63, 3.8) is 0 Å². The molecule has 0 spiro atoms. The maximum absolute atomic E-state index is 2.63. The monoisotopic (exact) mass is 953 g/mol. The molecule has 2 aromatic heterocycles. The van der Waals surface area contributed by atoms with Gasteiger partial charge in [0.2, 0.25) is 0 Å². The lowest BCUT2D eigenvalue weighted by molar-refractivity contribution is 0.664. The third-order valence-corrected chi connectivity index (χ3v) is 16.3. The van der Waals surface area contributed by atoms with Crippen molar-refractivity contribution in [2.75, 3.05) is 11.9 Å². The van der Waals surface area contributed by atoms with Crippen LogP contribution in [0.2, 0.25) is 0 Å². The fourth-order valence-electron chi connectivity index (χ4n) is 13.0. The van der Waals surface area contributed by atoms with E-state index in [-0.39, 0.29) is 12.0 Å². The highest BCUT2D eigenvalue weighted by Gasteiger charge is 2.42. The van der Waals surface area contributed by atoms with Gasteiger partial charge in [0.05, 0.1) is 17.4 Å². The summed E-state index contributed by atoms with van der Waals surface area (Å²) in [4.78, 5) is 2.53. The van der Waals surface area contributed by atoms with Crippen LogP contribution in [0.25, 0.3) is 72.2 Å². The molecular weight excluding hydrogens is 895 g/mol. The molecule has 0 saturated heterocycles. The van der Waals surface area contributed by atoms with E-state index < -0.39 is 0 Å². The fraction of sp³-hybridized carbons (Fsp3) is 0.127. The molecule has 0 fully saturated rings. The quantitative estimate of drug-likeness (QED) is 0.141. The minimum atomic E-state index is 0.0421. The smallest absolute Gasteiger partial charge is 0.0649 e. The Morgan fingerprint density at radius 3 is 1.66 bits per heavy atom. The first-order chi connectivity index (χ1) is 36.4. The highest BCUT2D eigenvalue weighted by molar-refractivity contribution is 6.29. The van der Waals surface area contributed by atoms with Crippen LogP contribution in [-0.2, 0) is 14.1 Å². The van der Waals surface area contributed by atoms with Gasteiger partial charge >= 0.3 is 0 Å². The van der Waals surface area contributed by atoms with Crippen molar-refractivity contribution in [2.24, 2.45) is 14.1 Å². The largest absolute Gasteiger partial charge is 0.366 e. The van der Waals surface area contributed by atoms with Crippen LogP contribution in [0.5, 0.6) is 0 Å². The zero-order chi connectivity index (χ0) is 49.9. The summed E-state index contributed by atoms with van der Waals surface area (Å²) in [5.41, 5.74) is 26.9. The minimum absolute atomic E-state index is 0.0421. The molecule has 74 heavy (non-hydrogen) atoms. The third kappa shape index (κ3) is 7.49. The van der Waals surface area contributed by atoms with Crippen molar-refractivity contribution < 1.29 is 0 Å². The number of hydrogen-bond donors (Lipinski definition) is 0. The van der Waals surface area contributed by atoms with Gasteiger partial charge in [0.15, 0.2) is 0 Å². The Kier molecular flexibility index (Phi) is 11.5. The number of anilines is 1. The second-order valence-electron chi connectivity index (χ2n) is 20.4. The SMILES string of the molecule is CC1=C(c2ccccc2)/C(=C(\C=C2C=C(/C=C(/c3c(-c4ccccc4)n(C)c4ccccc34)C3c4ccccc4N(C)C3c3ccccc3)CCC\2)c2c(-c3ccccc3)n(C)c3ccccc23)c2ccccc21. The number of rotatable bonds is 9. The molecule has 2 aliphatic carbocycles. The predicted octanol–water partition coefficient (Wildman–Crippen LogP) is 18.0. The lowest BCUT2D eigenvalue weighted by atomic mass is 9.78. The van der Waals surface area contributed by atoms with E-state index in [9.17, 15) is 0 Å². The van der Waals surface area contributed by atoms with Crippen molar-refractivity contribution in [2.45, 2.75) is 38.1 Å². The lowest BCUT2D eigenvalue weighted by Crippen LogP contribution is -2.23. The molecule has 2 atom stereocenters. The van der Waals surface area contributed by atoms with Crippen molar-refractivity contribution >= 4 is 55.4 Å². The van der Waals surface area contributed by atoms with Gasteiger partial charge in [-0.3, -0.25) is 0 Å². The van der Waals surface area contributed by atoms with E-state index >= 15 is 0 Å². The molecule has 3 nitrogen and oxygen atoms in total. The van der Waals surface area contributed by atoms with Crippen LogP contribution in [0.4, 0.5) is 5.69 Å². The minimum Gasteiger partial charge on any atom is -0.366 e. The summed E-state index contributed by atoms with van der Waals surface area (Å²) >= 11 is 0. The maximum atomic E-state index is 2.63. The molecule has 0 N–H and O–H groups in total. The van der Waals surface area contributed by atoms with Gasteiger partial charge in [-0.15, -0.1) is 0 Å². The van der Waals surface area contributed by atoms with Crippen LogP contribution in [0.3, 0.4) is 0 Å². The first-order valence-electron chi connectivity index (χ1n) is 26.3. The van der Waals surface area contributed by atoms with Crippen LogP contribution >= 0.6 is 0 Å². The van der Waals surface area contributed by atoms with Gasteiger partial charge < -0.3 is 14.0 Å². The lowest BCUT2D eigenvalue weighted by Gasteiger charge is -2.30. The summed E-state index contributed by atoms with van der Waals surface area (Å²) in [5.74, 6) is 0.0421. The number of likely N-dealkylation sites (N-methyl/N-ethyl adjacent to an activating group) is 1. The Morgan fingerprint density at radius 2 is 1.01 bits per heavy atom. The van der Waals surface area contributed by atoms with Gasteiger partial charge in [-0.05, 0) is 122 Å². The number of allylic oxidation sites excluding steroid dienone is 9.